The summed E-state index contributed by atoms with van der Waals surface area (Å²) in [6.45, 7) is -0.564. The number of hydrogen-bond donors (Lipinski definition) is 0. The molecule has 1 saturated heterocycles. The molecule has 0 spiro atoms. The fraction of sp³-hybridized carbons (Fsp3) is 0.217. The highest BCUT2D eigenvalue weighted by atomic mass is 32.1. The quantitative estimate of drug-likeness (QED) is 0.301. The fourth-order valence-corrected chi connectivity index (χ4v) is 3.82. The number of carbonyl (C=O) groups is 2. The summed E-state index contributed by atoms with van der Waals surface area (Å²) < 4.78 is 101. The first-order valence-electron chi connectivity index (χ1n) is 10.7. The number of nitrogens with zero attached hydrogens (tertiary/aromatic N) is 5. The number of aromatic nitrogens is 2. The van der Waals surface area contributed by atoms with E-state index < -0.39 is 52.9 Å². The van der Waals surface area contributed by atoms with E-state index in [1.54, 1.807) is 0 Å². The van der Waals surface area contributed by atoms with Gasteiger partial charge in [0, 0.05) is 25.3 Å². The highest BCUT2D eigenvalue weighted by Crippen LogP contribution is 2.47. The van der Waals surface area contributed by atoms with Crippen molar-refractivity contribution in [1.29, 1.82) is 0 Å². The largest absolute Gasteiger partial charge is 0.420 e. The topological polar surface area (TPSA) is 78.9 Å². The Kier molecular flexibility index (Phi) is 7.37. The van der Waals surface area contributed by atoms with Crippen molar-refractivity contribution in [2.45, 2.75) is 12.4 Å². The third-order valence-corrected chi connectivity index (χ3v) is 5.94. The molecule has 1 aromatic heterocycles. The first-order chi connectivity index (χ1) is 18.3. The Labute approximate surface area is 219 Å². The van der Waals surface area contributed by atoms with E-state index in [9.17, 15) is 40.3 Å². The van der Waals surface area contributed by atoms with Gasteiger partial charge in [0.05, 0.1) is 17.8 Å². The first-order valence-corrected chi connectivity index (χ1v) is 11.5. The first kappa shape index (κ1) is 27.6. The number of carbonyl (C=O) groups excluding carboxylic acids is 2. The van der Waals surface area contributed by atoms with Gasteiger partial charge in [-0.05, 0) is 42.3 Å². The Morgan fingerprint density at radius 3 is 2.36 bits per heavy atom. The number of rotatable bonds is 3. The van der Waals surface area contributed by atoms with Gasteiger partial charge in [-0.25, -0.2) is 14.0 Å². The van der Waals surface area contributed by atoms with Gasteiger partial charge in [-0.15, -0.1) is 10.2 Å². The van der Waals surface area contributed by atoms with Gasteiger partial charge in [0.2, 0.25) is 0 Å². The molecule has 1 fully saturated rings. The van der Waals surface area contributed by atoms with Crippen LogP contribution in [-0.4, -0.2) is 47.4 Å². The summed E-state index contributed by atoms with van der Waals surface area (Å²) in [6.07, 6.45) is -12.1. The molecule has 8 nitrogen and oxygen atoms in total. The van der Waals surface area contributed by atoms with Gasteiger partial charge in [0.25, 0.3) is 0 Å². The molecule has 0 atom stereocenters. The molecular formula is C23H14F7N5O3S. The second-order valence-electron chi connectivity index (χ2n) is 7.84. The van der Waals surface area contributed by atoms with E-state index in [1.165, 1.54) is 5.51 Å². The standard InChI is InChI=1S/C23H14F7N5O3S/c1-33(15-4-2-14(24)3-5-15)21(37)38-19-16(23(28,29)30)10-13(22(25,26)27)11-17(19)35-9-8-34(20(35)36)7-6-18-32-31-12-39-18/h2-5,10-12H,8-9H2,1H3. The molecule has 1 aliphatic rings. The van der Waals surface area contributed by atoms with Crippen LogP contribution < -0.4 is 14.5 Å². The van der Waals surface area contributed by atoms with Crippen LogP contribution in [0.3, 0.4) is 0 Å². The summed E-state index contributed by atoms with van der Waals surface area (Å²) in [5, 5.41) is 7.44. The lowest BCUT2D eigenvalue weighted by molar-refractivity contribution is -0.143. The van der Waals surface area contributed by atoms with Crippen LogP contribution in [0.15, 0.2) is 41.9 Å². The molecule has 0 unspecified atom stereocenters. The Bertz CT molecular complexity index is 1450. The Balaban J connectivity index is 1.78. The highest BCUT2D eigenvalue weighted by Gasteiger charge is 2.44. The van der Waals surface area contributed by atoms with Crippen molar-refractivity contribution in [1.82, 2.24) is 15.1 Å². The van der Waals surface area contributed by atoms with Gasteiger partial charge < -0.3 is 4.74 Å². The van der Waals surface area contributed by atoms with Crippen LogP contribution in [0, 0.1) is 17.8 Å². The van der Waals surface area contributed by atoms with E-state index in [0.717, 1.165) is 47.5 Å². The van der Waals surface area contributed by atoms with E-state index >= 15 is 0 Å². The smallest absolute Gasteiger partial charge is 0.407 e. The van der Waals surface area contributed by atoms with Gasteiger partial charge in [-0.2, -0.15) is 26.3 Å². The Morgan fingerprint density at radius 1 is 1.08 bits per heavy atom. The number of amides is 3. The molecule has 3 aromatic rings. The highest BCUT2D eigenvalue weighted by molar-refractivity contribution is 7.09. The van der Waals surface area contributed by atoms with Crippen LogP contribution in [0.1, 0.15) is 16.1 Å². The van der Waals surface area contributed by atoms with Gasteiger partial charge in [-0.1, -0.05) is 11.3 Å². The summed E-state index contributed by atoms with van der Waals surface area (Å²) in [4.78, 5) is 27.9. The fourth-order valence-electron chi connectivity index (χ4n) is 3.43. The van der Waals surface area contributed by atoms with Crippen LogP contribution in [-0.2, 0) is 12.4 Å². The number of halogens is 7. The maximum atomic E-state index is 14.0. The van der Waals surface area contributed by atoms with Crippen LogP contribution in [0.4, 0.5) is 51.7 Å². The van der Waals surface area contributed by atoms with Crippen molar-refractivity contribution in [3.8, 4) is 17.7 Å². The summed E-state index contributed by atoms with van der Waals surface area (Å²) in [5.74, 6) is 0.545. The zero-order valence-electron chi connectivity index (χ0n) is 19.5. The third-order valence-electron chi connectivity index (χ3n) is 5.34. The SMILES string of the molecule is CN(C(=O)Oc1c(N2CCN(C#Cc3nncs3)C2=O)cc(C(F)(F)F)cc1C(F)(F)F)c1ccc(F)cc1. The third kappa shape index (κ3) is 6.03. The van der Waals surface area contributed by atoms with Crippen LogP contribution in [0.25, 0.3) is 0 Å². The molecule has 0 radical (unpaired) electrons. The molecule has 16 heteroatoms. The molecule has 0 N–H and O–H groups in total. The molecule has 1 aliphatic heterocycles. The maximum absolute atomic E-state index is 14.0. The van der Waals surface area contributed by atoms with E-state index in [1.807, 2.05) is 0 Å². The van der Waals surface area contributed by atoms with Crippen molar-refractivity contribution >= 4 is 34.8 Å². The van der Waals surface area contributed by atoms with E-state index in [-0.39, 0.29) is 35.9 Å². The van der Waals surface area contributed by atoms with Gasteiger partial charge >= 0.3 is 24.5 Å². The maximum Gasteiger partial charge on any atom is 0.420 e. The lowest BCUT2D eigenvalue weighted by Gasteiger charge is -2.25. The summed E-state index contributed by atoms with van der Waals surface area (Å²) in [7, 11) is 1.10. The average Bonchev–Trinajstić information content (AvgIpc) is 3.51. The minimum atomic E-state index is -5.42. The van der Waals surface area contributed by atoms with Crippen LogP contribution in [0.2, 0.25) is 0 Å². The minimum absolute atomic E-state index is 0.0128. The van der Waals surface area contributed by atoms with Crippen molar-refractivity contribution in [3.63, 3.8) is 0 Å². The molecule has 3 amide bonds. The van der Waals surface area contributed by atoms with Crippen molar-refractivity contribution in [3.05, 3.63) is 63.9 Å². The minimum Gasteiger partial charge on any atom is -0.407 e. The Morgan fingerprint density at radius 2 is 1.77 bits per heavy atom. The molecule has 2 aromatic carbocycles. The number of hydrogen-bond acceptors (Lipinski definition) is 6. The molecule has 0 saturated carbocycles. The monoisotopic (exact) mass is 573 g/mol. The van der Waals surface area contributed by atoms with Crippen molar-refractivity contribution in [2.24, 2.45) is 0 Å². The van der Waals surface area contributed by atoms with Gasteiger partial charge in [0.1, 0.15) is 16.9 Å². The van der Waals surface area contributed by atoms with Gasteiger partial charge in [0.15, 0.2) is 10.8 Å². The second-order valence-corrected chi connectivity index (χ2v) is 8.67. The number of benzene rings is 2. The second kappa shape index (κ2) is 10.4. The summed E-state index contributed by atoms with van der Waals surface area (Å²) in [5.41, 5.74) is -3.21. The molecule has 0 aliphatic carbocycles. The van der Waals surface area contributed by atoms with E-state index in [2.05, 4.69) is 22.2 Å². The summed E-state index contributed by atoms with van der Waals surface area (Å²) in [6, 6.07) is 5.68. The van der Waals surface area contributed by atoms with E-state index in [0.29, 0.717) is 9.80 Å². The average molecular weight is 573 g/mol. The Hall–Kier alpha value is -4.39. The lowest BCUT2D eigenvalue weighted by Crippen LogP contribution is -2.33. The number of anilines is 2. The molecule has 204 valence electrons. The normalized spacial score (nSPS) is 13.8. The molecule has 0 bridgehead atoms. The summed E-state index contributed by atoms with van der Waals surface area (Å²) >= 11 is 1.04. The van der Waals surface area contributed by atoms with Crippen molar-refractivity contribution in [2.75, 3.05) is 29.9 Å². The molecule has 2 heterocycles. The number of urea groups is 1. The molecule has 39 heavy (non-hydrogen) atoms. The zero-order chi connectivity index (χ0) is 28.5. The molecular weight excluding hydrogens is 559 g/mol. The van der Waals surface area contributed by atoms with E-state index in [4.69, 9.17) is 4.74 Å². The zero-order valence-corrected chi connectivity index (χ0v) is 20.3. The predicted molar refractivity (Wildman–Crippen MR) is 124 cm³/mol. The number of ether oxygens (including phenoxy) is 1. The van der Waals surface area contributed by atoms with Crippen LogP contribution in [0.5, 0.6) is 5.75 Å². The molecule has 4 rings (SSSR count). The van der Waals surface area contributed by atoms with Crippen LogP contribution >= 0.6 is 11.3 Å². The van der Waals surface area contributed by atoms with Gasteiger partial charge in [-0.3, -0.25) is 14.7 Å². The lowest BCUT2D eigenvalue weighted by atomic mass is 10.1. The van der Waals surface area contributed by atoms with Crippen molar-refractivity contribution < 1.29 is 45.1 Å². The predicted octanol–water partition coefficient (Wildman–Crippen LogP) is 5.60. The number of alkyl halides is 6.